The number of hydrogen-bond donors (Lipinski definition) is 2. The van der Waals surface area contributed by atoms with Crippen molar-refractivity contribution in [2.45, 2.75) is 102 Å². The second-order valence-electron chi connectivity index (χ2n) is 13.0. The molecule has 3 aliphatic heterocycles. The lowest BCUT2D eigenvalue weighted by molar-refractivity contribution is -0.156. The summed E-state index contributed by atoms with van der Waals surface area (Å²) in [6.07, 6.45) is 2.53. The van der Waals surface area contributed by atoms with E-state index in [-0.39, 0.29) is 35.2 Å². The van der Waals surface area contributed by atoms with Gasteiger partial charge >= 0.3 is 5.97 Å². The van der Waals surface area contributed by atoms with Gasteiger partial charge in [0.2, 0.25) is 11.8 Å². The minimum Gasteiger partial charge on any atom is -0.481 e. The molecule has 2 bridgehead atoms. The van der Waals surface area contributed by atoms with Crippen LogP contribution >= 0.6 is 15.9 Å². The van der Waals surface area contributed by atoms with Gasteiger partial charge in [0.1, 0.15) is 11.6 Å². The molecule has 3 heterocycles. The van der Waals surface area contributed by atoms with Crippen LogP contribution in [0.25, 0.3) is 0 Å². The number of likely N-dealkylation sites (tertiary alicyclic amines) is 1. The number of hydrogen-bond acceptors (Lipinski definition) is 5. The molecule has 3 fully saturated rings. The van der Waals surface area contributed by atoms with E-state index < -0.39 is 53.0 Å². The molecule has 0 radical (unpaired) electrons. The van der Waals surface area contributed by atoms with E-state index in [1.807, 2.05) is 27.7 Å². The Balaban J connectivity index is 2.17. The number of halogens is 1. The van der Waals surface area contributed by atoms with E-state index in [0.29, 0.717) is 19.3 Å². The molecule has 9 heteroatoms. The Labute approximate surface area is 223 Å². The van der Waals surface area contributed by atoms with Crippen LogP contribution < -0.4 is 0 Å². The summed E-state index contributed by atoms with van der Waals surface area (Å²) in [5.41, 5.74) is -1.91. The van der Waals surface area contributed by atoms with Gasteiger partial charge in [0.05, 0.1) is 30.6 Å². The standard InChI is InChI=1S/C27H43BrN2O6/c1-9-10-29(26(7,8)14-25(4,5)6)23(33)21-27-12-17(28)20(36-27)18(24(34)35)19(27)22(32)30(21)16(13-31)11-15(2)3/h9,15-21,31H,1,10-14H2,2-8H3,(H,34,35)/t16-,17?,18+,19+,20+,21?,27?/m1/s1. The molecule has 3 rings (SSSR count). The molecule has 2 amide bonds. The molecule has 204 valence electrons. The summed E-state index contributed by atoms with van der Waals surface area (Å²) in [4.78, 5) is 43.9. The maximum absolute atomic E-state index is 14.6. The Morgan fingerprint density at radius 3 is 2.39 bits per heavy atom. The summed E-state index contributed by atoms with van der Waals surface area (Å²) < 4.78 is 6.40. The number of ether oxygens (including phenoxy) is 1. The third-order valence-electron chi connectivity index (χ3n) is 7.87. The normalized spacial score (nSPS) is 32.7. The summed E-state index contributed by atoms with van der Waals surface area (Å²) in [6.45, 7) is 18.2. The molecule has 0 aromatic rings. The van der Waals surface area contributed by atoms with Crippen LogP contribution in [0.4, 0.5) is 0 Å². The van der Waals surface area contributed by atoms with Crippen molar-refractivity contribution in [3.63, 3.8) is 0 Å². The number of carboxylic acid groups (broad SMARTS) is 1. The molecule has 3 saturated heterocycles. The van der Waals surface area contributed by atoms with Crippen molar-refractivity contribution in [2.75, 3.05) is 13.2 Å². The van der Waals surface area contributed by atoms with E-state index in [0.717, 1.165) is 0 Å². The van der Waals surface area contributed by atoms with Gasteiger partial charge < -0.3 is 24.7 Å². The van der Waals surface area contributed by atoms with Crippen LogP contribution in [0.3, 0.4) is 0 Å². The number of aliphatic hydroxyl groups is 1. The Hall–Kier alpha value is -1.45. The van der Waals surface area contributed by atoms with Gasteiger partial charge in [-0.2, -0.15) is 0 Å². The number of carbonyl (C=O) groups excluding carboxylic acids is 2. The molecule has 3 unspecified atom stereocenters. The first kappa shape index (κ1) is 29.1. The van der Waals surface area contributed by atoms with Crippen LogP contribution in [0, 0.1) is 23.2 Å². The zero-order valence-corrected chi connectivity index (χ0v) is 24.2. The van der Waals surface area contributed by atoms with Crippen LogP contribution in [0.5, 0.6) is 0 Å². The van der Waals surface area contributed by atoms with Crippen LogP contribution in [0.15, 0.2) is 12.7 Å². The second kappa shape index (κ2) is 10.0. The lowest BCUT2D eigenvalue weighted by Gasteiger charge is -2.46. The highest BCUT2D eigenvalue weighted by atomic mass is 79.9. The molecule has 36 heavy (non-hydrogen) atoms. The summed E-state index contributed by atoms with van der Waals surface area (Å²) in [5, 5.41) is 20.5. The Kier molecular flexibility index (Phi) is 8.11. The highest BCUT2D eigenvalue weighted by Gasteiger charge is 2.77. The number of carbonyl (C=O) groups is 3. The molecule has 3 aliphatic rings. The largest absolute Gasteiger partial charge is 0.481 e. The minimum atomic E-state index is -1.27. The predicted octanol–water partition coefficient (Wildman–Crippen LogP) is 3.46. The summed E-state index contributed by atoms with van der Waals surface area (Å²) in [6, 6.07) is -1.65. The number of amides is 2. The van der Waals surface area contributed by atoms with Gasteiger partial charge in [0.25, 0.3) is 0 Å². The Bertz CT molecular complexity index is 899. The smallest absolute Gasteiger partial charge is 0.310 e. The van der Waals surface area contributed by atoms with Crippen molar-refractivity contribution in [1.82, 2.24) is 9.80 Å². The Morgan fingerprint density at radius 1 is 1.31 bits per heavy atom. The van der Waals surface area contributed by atoms with Crippen LogP contribution in [0.1, 0.15) is 67.7 Å². The number of aliphatic carboxylic acids is 1. The van der Waals surface area contributed by atoms with E-state index in [4.69, 9.17) is 4.74 Å². The fourth-order valence-corrected chi connectivity index (χ4v) is 8.09. The third kappa shape index (κ3) is 4.87. The topological polar surface area (TPSA) is 107 Å². The second-order valence-corrected chi connectivity index (χ2v) is 14.2. The van der Waals surface area contributed by atoms with Gasteiger partial charge in [0.15, 0.2) is 0 Å². The molecule has 7 atom stereocenters. The molecule has 8 nitrogen and oxygen atoms in total. The number of aliphatic hydroxyl groups excluding tert-OH is 1. The highest BCUT2D eigenvalue weighted by molar-refractivity contribution is 9.09. The number of carboxylic acids is 1. The molecular weight excluding hydrogens is 528 g/mol. The molecule has 0 aromatic heterocycles. The van der Waals surface area contributed by atoms with E-state index in [9.17, 15) is 24.6 Å². The SMILES string of the molecule is C=CCN(C(=O)C1N([C@@H](CO)CC(C)C)C(=O)[C@@H]2[C@H](C(=O)O)[C@H]3OC12CC3Br)C(C)(C)CC(C)(C)C. The zero-order chi connectivity index (χ0) is 27.4. The van der Waals surface area contributed by atoms with Crippen LogP contribution in [-0.4, -0.2) is 85.1 Å². The van der Waals surface area contributed by atoms with Gasteiger partial charge in [-0.05, 0) is 44.4 Å². The van der Waals surface area contributed by atoms with E-state index in [2.05, 4.69) is 43.3 Å². The highest BCUT2D eigenvalue weighted by Crippen LogP contribution is 2.60. The van der Waals surface area contributed by atoms with E-state index in [1.54, 1.807) is 11.0 Å². The van der Waals surface area contributed by atoms with Crippen molar-refractivity contribution in [3.8, 4) is 0 Å². The average molecular weight is 572 g/mol. The molecule has 0 aliphatic carbocycles. The van der Waals surface area contributed by atoms with Crippen LogP contribution in [0.2, 0.25) is 0 Å². The summed E-state index contributed by atoms with van der Waals surface area (Å²) in [7, 11) is 0. The first-order valence-corrected chi connectivity index (χ1v) is 13.8. The number of nitrogens with zero attached hydrogens (tertiary/aromatic N) is 2. The van der Waals surface area contributed by atoms with Gasteiger partial charge in [-0.1, -0.05) is 56.6 Å². The third-order valence-corrected chi connectivity index (χ3v) is 8.71. The van der Waals surface area contributed by atoms with Crippen molar-refractivity contribution in [3.05, 3.63) is 12.7 Å². The maximum Gasteiger partial charge on any atom is 0.310 e. The zero-order valence-electron chi connectivity index (χ0n) is 22.7. The predicted molar refractivity (Wildman–Crippen MR) is 141 cm³/mol. The average Bonchev–Trinajstić information content (AvgIpc) is 3.31. The van der Waals surface area contributed by atoms with E-state index in [1.165, 1.54) is 4.90 Å². The molecule has 2 N–H and O–H groups in total. The number of fused-ring (bicyclic) bond motifs is 1. The first-order valence-electron chi connectivity index (χ1n) is 12.9. The quantitative estimate of drug-likeness (QED) is 0.307. The van der Waals surface area contributed by atoms with E-state index >= 15 is 0 Å². The first-order chi connectivity index (χ1) is 16.5. The fourth-order valence-electron chi connectivity index (χ4n) is 7.15. The van der Waals surface area contributed by atoms with Crippen molar-refractivity contribution < 1.29 is 29.3 Å². The van der Waals surface area contributed by atoms with Crippen molar-refractivity contribution >= 4 is 33.7 Å². The summed E-state index contributed by atoms with van der Waals surface area (Å²) in [5.74, 6) is -3.66. The fraction of sp³-hybridized carbons (Fsp3) is 0.815. The molecular formula is C27H43BrN2O6. The van der Waals surface area contributed by atoms with Crippen molar-refractivity contribution in [1.29, 1.82) is 0 Å². The van der Waals surface area contributed by atoms with Crippen LogP contribution in [-0.2, 0) is 19.1 Å². The number of rotatable bonds is 10. The van der Waals surface area contributed by atoms with Gasteiger partial charge in [-0.15, -0.1) is 6.58 Å². The minimum absolute atomic E-state index is 0.0713. The lowest BCUT2D eigenvalue weighted by Crippen LogP contribution is -2.62. The van der Waals surface area contributed by atoms with Crippen molar-refractivity contribution in [2.24, 2.45) is 23.2 Å². The maximum atomic E-state index is 14.6. The lowest BCUT2D eigenvalue weighted by atomic mass is 9.70. The molecule has 1 spiro atoms. The number of alkyl halides is 1. The van der Waals surface area contributed by atoms with Gasteiger partial charge in [0, 0.05) is 16.9 Å². The monoisotopic (exact) mass is 570 g/mol. The van der Waals surface area contributed by atoms with Gasteiger partial charge in [-0.25, -0.2) is 0 Å². The Morgan fingerprint density at radius 2 is 1.92 bits per heavy atom. The summed E-state index contributed by atoms with van der Waals surface area (Å²) >= 11 is 3.58. The molecule has 0 aromatic carbocycles. The molecule has 0 saturated carbocycles. The van der Waals surface area contributed by atoms with Gasteiger partial charge in [-0.3, -0.25) is 14.4 Å².